The minimum absolute atomic E-state index is 0.0670. The molecule has 1 amide bonds. The molecule has 0 spiro atoms. The molecule has 0 saturated carbocycles. The standard InChI is InChI=1S/C17H21N3OS/c1-12-6-8-13(9-7-12)22-11-10-16(21)18-17-14-4-3-5-15(14)19-20(17)2/h6-9H,3-5,10-11H2,1-2H3,(H,18,21). The Morgan fingerprint density at radius 2 is 2.09 bits per heavy atom. The molecule has 0 atom stereocenters. The number of aryl methyl sites for hydroxylation is 3. The number of benzene rings is 1. The van der Waals surface area contributed by atoms with Crippen molar-refractivity contribution in [1.82, 2.24) is 9.78 Å². The molecule has 0 unspecified atom stereocenters. The topological polar surface area (TPSA) is 46.9 Å². The summed E-state index contributed by atoms with van der Waals surface area (Å²) in [7, 11) is 1.90. The number of hydrogen-bond donors (Lipinski definition) is 1. The SMILES string of the molecule is Cc1ccc(SCCC(=O)Nc2c3c(nn2C)CCC3)cc1. The summed E-state index contributed by atoms with van der Waals surface area (Å²) in [5, 5.41) is 7.51. The number of anilines is 1. The Hall–Kier alpha value is -1.75. The van der Waals surface area contributed by atoms with Gasteiger partial charge in [-0.05, 0) is 38.3 Å². The predicted molar refractivity (Wildman–Crippen MR) is 90.4 cm³/mol. The van der Waals surface area contributed by atoms with Gasteiger partial charge in [-0.1, -0.05) is 17.7 Å². The highest BCUT2D eigenvalue weighted by molar-refractivity contribution is 7.99. The van der Waals surface area contributed by atoms with Gasteiger partial charge in [-0.2, -0.15) is 5.10 Å². The summed E-state index contributed by atoms with van der Waals surface area (Å²) in [6.07, 6.45) is 3.71. The molecule has 0 saturated heterocycles. The van der Waals surface area contributed by atoms with E-state index in [4.69, 9.17) is 0 Å². The normalized spacial score (nSPS) is 13.2. The Kier molecular flexibility index (Phi) is 4.52. The van der Waals surface area contributed by atoms with Gasteiger partial charge in [-0.3, -0.25) is 9.48 Å². The lowest BCUT2D eigenvalue weighted by molar-refractivity contribution is -0.115. The number of nitrogens with one attached hydrogen (secondary N) is 1. The van der Waals surface area contributed by atoms with Crippen molar-refractivity contribution in [3.8, 4) is 0 Å². The van der Waals surface area contributed by atoms with Crippen LogP contribution in [0.2, 0.25) is 0 Å². The first-order valence-electron chi connectivity index (χ1n) is 7.67. The van der Waals surface area contributed by atoms with Crippen LogP contribution in [0.25, 0.3) is 0 Å². The van der Waals surface area contributed by atoms with E-state index in [1.54, 1.807) is 16.4 Å². The van der Waals surface area contributed by atoms with Crippen molar-refractivity contribution in [3.63, 3.8) is 0 Å². The maximum absolute atomic E-state index is 12.1. The lowest BCUT2D eigenvalue weighted by Crippen LogP contribution is -2.16. The van der Waals surface area contributed by atoms with Crippen LogP contribution in [-0.2, 0) is 24.7 Å². The molecule has 116 valence electrons. The van der Waals surface area contributed by atoms with Gasteiger partial charge in [0.2, 0.25) is 5.91 Å². The number of fused-ring (bicyclic) bond motifs is 1. The Morgan fingerprint density at radius 1 is 1.32 bits per heavy atom. The van der Waals surface area contributed by atoms with Gasteiger partial charge >= 0.3 is 0 Å². The van der Waals surface area contributed by atoms with E-state index in [1.165, 1.54) is 16.0 Å². The second-order valence-electron chi connectivity index (χ2n) is 5.71. The quantitative estimate of drug-likeness (QED) is 0.861. The van der Waals surface area contributed by atoms with E-state index in [1.807, 2.05) is 7.05 Å². The fourth-order valence-electron chi connectivity index (χ4n) is 2.77. The van der Waals surface area contributed by atoms with Crippen LogP contribution in [0.15, 0.2) is 29.2 Å². The Morgan fingerprint density at radius 3 is 2.86 bits per heavy atom. The molecule has 2 aromatic rings. The molecule has 1 aromatic carbocycles. The first-order valence-corrected chi connectivity index (χ1v) is 8.66. The second kappa shape index (κ2) is 6.57. The lowest BCUT2D eigenvalue weighted by atomic mass is 10.2. The monoisotopic (exact) mass is 315 g/mol. The molecular weight excluding hydrogens is 294 g/mol. The Labute approximate surface area is 135 Å². The summed E-state index contributed by atoms with van der Waals surface area (Å²) < 4.78 is 1.80. The van der Waals surface area contributed by atoms with E-state index in [-0.39, 0.29) is 5.91 Å². The van der Waals surface area contributed by atoms with Crippen molar-refractivity contribution in [2.45, 2.75) is 37.5 Å². The van der Waals surface area contributed by atoms with Crippen LogP contribution >= 0.6 is 11.8 Å². The van der Waals surface area contributed by atoms with Gasteiger partial charge in [0, 0.05) is 29.7 Å². The van der Waals surface area contributed by atoms with Crippen molar-refractivity contribution < 1.29 is 4.79 Å². The van der Waals surface area contributed by atoms with Gasteiger partial charge in [0.15, 0.2) is 0 Å². The van der Waals surface area contributed by atoms with Gasteiger partial charge in [0.25, 0.3) is 0 Å². The van der Waals surface area contributed by atoms with Crippen LogP contribution in [0, 0.1) is 6.92 Å². The smallest absolute Gasteiger partial charge is 0.226 e. The number of amides is 1. The average Bonchev–Trinajstić information content (AvgIpc) is 3.04. The van der Waals surface area contributed by atoms with Crippen LogP contribution in [0.1, 0.15) is 29.7 Å². The highest BCUT2D eigenvalue weighted by Crippen LogP contribution is 2.28. The molecule has 1 aromatic heterocycles. The van der Waals surface area contributed by atoms with Crippen LogP contribution in [0.3, 0.4) is 0 Å². The largest absolute Gasteiger partial charge is 0.311 e. The van der Waals surface area contributed by atoms with Crippen molar-refractivity contribution in [3.05, 3.63) is 41.1 Å². The number of hydrogen-bond acceptors (Lipinski definition) is 3. The van der Waals surface area contributed by atoms with Crippen LogP contribution in [0.5, 0.6) is 0 Å². The fourth-order valence-corrected chi connectivity index (χ4v) is 3.62. The van der Waals surface area contributed by atoms with E-state index in [2.05, 4.69) is 41.6 Å². The number of carbonyl (C=O) groups excluding carboxylic acids is 1. The zero-order valence-electron chi connectivity index (χ0n) is 13.1. The number of thioether (sulfide) groups is 1. The Bertz CT molecular complexity index is 676. The number of rotatable bonds is 5. The highest BCUT2D eigenvalue weighted by Gasteiger charge is 2.21. The van der Waals surface area contributed by atoms with Gasteiger partial charge in [0.05, 0.1) is 5.69 Å². The van der Waals surface area contributed by atoms with E-state index < -0.39 is 0 Å². The van der Waals surface area contributed by atoms with Crippen LogP contribution in [-0.4, -0.2) is 21.4 Å². The molecule has 0 aliphatic heterocycles. The molecule has 0 bridgehead atoms. The molecule has 1 heterocycles. The fraction of sp³-hybridized carbons (Fsp3) is 0.412. The minimum atomic E-state index is 0.0670. The Balaban J connectivity index is 1.52. The third kappa shape index (κ3) is 3.35. The molecule has 22 heavy (non-hydrogen) atoms. The lowest BCUT2D eigenvalue weighted by Gasteiger charge is -2.07. The number of carbonyl (C=O) groups is 1. The van der Waals surface area contributed by atoms with Crippen LogP contribution in [0.4, 0.5) is 5.82 Å². The first-order chi connectivity index (χ1) is 10.6. The molecule has 4 nitrogen and oxygen atoms in total. The maximum Gasteiger partial charge on any atom is 0.226 e. The van der Waals surface area contributed by atoms with Crippen LogP contribution < -0.4 is 5.32 Å². The van der Waals surface area contributed by atoms with E-state index in [9.17, 15) is 4.79 Å². The van der Waals surface area contributed by atoms with Gasteiger partial charge in [-0.15, -0.1) is 11.8 Å². The molecule has 0 fully saturated rings. The summed E-state index contributed by atoms with van der Waals surface area (Å²) in [5.41, 5.74) is 3.63. The predicted octanol–water partition coefficient (Wildman–Crippen LogP) is 3.34. The van der Waals surface area contributed by atoms with Crippen molar-refractivity contribution in [1.29, 1.82) is 0 Å². The first kappa shape index (κ1) is 15.2. The van der Waals surface area contributed by atoms with Crippen molar-refractivity contribution in [2.75, 3.05) is 11.1 Å². The second-order valence-corrected chi connectivity index (χ2v) is 6.88. The molecule has 0 radical (unpaired) electrons. The molecule has 1 aliphatic rings. The average molecular weight is 315 g/mol. The van der Waals surface area contributed by atoms with Gasteiger partial charge in [0.1, 0.15) is 5.82 Å². The zero-order valence-corrected chi connectivity index (χ0v) is 13.9. The van der Waals surface area contributed by atoms with E-state index in [0.29, 0.717) is 6.42 Å². The molecule has 3 rings (SSSR count). The number of aromatic nitrogens is 2. The molecular formula is C17H21N3OS. The zero-order chi connectivity index (χ0) is 15.5. The number of nitrogens with zero attached hydrogens (tertiary/aromatic N) is 2. The van der Waals surface area contributed by atoms with E-state index >= 15 is 0 Å². The summed E-state index contributed by atoms with van der Waals surface area (Å²) >= 11 is 1.72. The summed E-state index contributed by atoms with van der Waals surface area (Å²) in [6.45, 7) is 2.08. The summed E-state index contributed by atoms with van der Waals surface area (Å²) in [6, 6.07) is 8.40. The third-order valence-corrected chi connectivity index (χ3v) is 4.96. The summed E-state index contributed by atoms with van der Waals surface area (Å²) in [4.78, 5) is 13.3. The molecule has 1 aliphatic carbocycles. The summed E-state index contributed by atoms with van der Waals surface area (Å²) in [5.74, 6) is 1.74. The van der Waals surface area contributed by atoms with Gasteiger partial charge in [-0.25, -0.2) is 0 Å². The van der Waals surface area contributed by atoms with Crippen molar-refractivity contribution in [2.24, 2.45) is 7.05 Å². The third-order valence-electron chi connectivity index (χ3n) is 3.95. The van der Waals surface area contributed by atoms with E-state index in [0.717, 1.165) is 36.5 Å². The molecule has 1 N–H and O–H groups in total. The molecule has 5 heteroatoms. The van der Waals surface area contributed by atoms with Gasteiger partial charge < -0.3 is 5.32 Å². The maximum atomic E-state index is 12.1. The highest BCUT2D eigenvalue weighted by atomic mass is 32.2. The van der Waals surface area contributed by atoms with Crippen molar-refractivity contribution >= 4 is 23.5 Å². The minimum Gasteiger partial charge on any atom is -0.311 e.